The first-order valence-electron chi connectivity index (χ1n) is 9.37. The van der Waals surface area contributed by atoms with Gasteiger partial charge in [-0.25, -0.2) is 13.4 Å². The Morgan fingerprint density at radius 1 is 1.16 bits per heavy atom. The van der Waals surface area contributed by atoms with Crippen molar-refractivity contribution in [2.24, 2.45) is 0 Å². The molecule has 4 aromatic heterocycles. The zero-order chi connectivity index (χ0) is 22.3. The SMILES string of the molecule is COc1ccc2occ(S(=O)(=O)Nc3noc4cc(Cn5cccn5)nc(OC)c34)c2c1. The number of sulfonamides is 1. The molecule has 1 aromatic carbocycles. The molecule has 0 aliphatic rings. The average Bonchev–Trinajstić information content (AvgIpc) is 3.53. The number of fused-ring (bicyclic) bond motifs is 2. The van der Waals surface area contributed by atoms with Gasteiger partial charge in [0.25, 0.3) is 10.0 Å². The van der Waals surface area contributed by atoms with Gasteiger partial charge in [-0.3, -0.25) is 9.40 Å². The van der Waals surface area contributed by atoms with E-state index in [0.29, 0.717) is 39.9 Å². The van der Waals surface area contributed by atoms with E-state index in [4.69, 9.17) is 18.4 Å². The van der Waals surface area contributed by atoms with E-state index in [1.165, 1.54) is 14.2 Å². The lowest BCUT2D eigenvalue weighted by molar-refractivity contribution is 0.400. The predicted molar refractivity (Wildman–Crippen MR) is 113 cm³/mol. The number of ether oxygens (including phenoxy) is 2. The first kappa shape index (κ1) is 19.9. The third-order valence-corrected chi connectivity index (χ3v) is 6.17. The summed E-state index contributed by atoms with van der Waals surface area (Å²) >= 11 is 0. The molecule has 0 fully saturated rings. The van der Waals surface area contributed by atoms with Gasteiger partial charge >= 0.3 is 0 Å². The van der Waals surface area contributed by atoms with Crippen molar-refractivity contribution in [2.45, 2.75) is 11.4 Å². The smallest absolute Gasteiger partial charge is 0.266 e. The van der Waals surface area contributed by atoms with Crippen LogP contribution < -0.4 is 14.2 Å². The number of aromatic nitrogens is 4. The van der Waals surface area contributed by atoms with Crippen LogP contribution in [0.5, 0.6) is 11.6 Å². The molecule has 0 saturated heterocycles. The average molecular weight is 455 g/mol. The van der Waals surface area contributed by atoms with Crippen LogP contribution in [0.2, 0.25) is 0 Å². The first-order valence-corrected chi connectivity index (χ1v) is 10.9. The monoisotopic (exact) mass is 455 g/mol. The van der Waals surface area contributed by atoms with Crippen molar-refractivity contribution in [1.29, 1.82) is 0 Å². The van der Waals surface area contributed by atoms with Gasteiger partial charge in [0, 0.05) is 23.8 Å². The first-order chi connectivity index (χ1) is 15.5. The Kier molecular flexibility index (Phi) is 4.70. The standard InChI is InChI=1S/C20H17N5O6S/c1-28-13-4-5-15-14(9-13)17(11-30-15)32(26,27)24-19-18-16(31-23-19)8-12(22-20(18)29-2)10-25-7-3-6-21-25/h3-9,11H,10H2,1-2H3,(H,23,24). The fourth-order valence-corrected chi connectivity index (χ4v) is 4.47. The highest BCUT2D eigenvalue weighted by atomic mass is 32.2. The maximum atomic E-state index is 13.1. The van der Waals surface area contributed by atoms with Crippen LogP contribution in [0, 0.1) is 0 Å². The van der Waals surface area contributed by atoms with Crippen LogP contribution in [0.3, 0.4) is 0 Å². The minimum atomic E-state index is -4.08. The molecule has 0 saturated carbocycles. The second-order valence-corrected chi connectivity index (χ2v) is 8.45. The Labute approximate surface area is 181 Å². The number of anilines is 1. The molecule has 164 valence electrons. The molecule has 0 spiro atoms. The number of nitrogens with zero attached hydrogens (tertiary/aromatic N) is 4. The molecule has 1 N–H and O–H groups in total. The topological polar surface area (TPSA) is 135 Å². The summed E-state index contributed by atoms with van der Waals surface area (Å²) in [4.78, 5) is 4.37. The van der Waals surface area contributed by atoms with Gasteiger partial charge in [0.1, 0.15) is 27.9 Å². The van der Waals surface area contributed by atoms with Crippen molar-refractivity contribution in [2.75, 3.05) is 18.9 Å². The van der Waals surface area contributed by atoms with Gasteiger partial charge in [0.2, 0.25) is 5.88 Å². The number of benzene rings is 1. The van der Waals surface area contributed by atoms with E-state index < -0.39 is 10.0 Å². The number of pyridine rings is 1. The van der Waals surface area contributed by atoms with Crippen LogP contribution in [0.4, 0.5) is 5.82 Å². The second-order valence-electron chi connectivity index (χ2n) is 6.80. The van der Waals surface area contributed by atoms with Crippen molar-refractivity contribution >= 4 is 37.8 Å². The maximum absolute atomic E-state index is 13.1. The number of nitrogens with one attached hydrogen (secondary N) is 1. The summed E-state index contributed by atoms with van der Waals surface area (Å²) in [7, 11) is -1.15. The van der Waals surface area contributed by atoms with Gasteiger partial charge in [-0.05, 0) is 24.3 Å². The molecular weight excluding hydrogens is 438 g/mol. The van der Waals surface area contributed by atoms with E-state index in [-0.39, 0.29) is 16.6 Å². The van der Waals surface area contributed by atoms with E-state index in [1.807, 2.05) is 0 Å². The highest BCUT2D eigenvalue weighted by Gasteiger charge is 2.26. The number of hydrogen-bond acceptors (Lipinski definition) is 9. The molecule has 0 bridgehead atoms. The Hall–Kier alpha value is -4.06. The Morgan fingerprint density at radius 3 is 2.78 bits per heavy atom. The normalized spacial score (nSPS) is 11.8. The lowest BCUT2D eigenvalue weighted by Crippen LogP contribution is -2.13. The van der Waals surface area contributed by atoms with Crippen molar-refractivity contribution in [1.82, 2.24) is 19.9 Å². The molecule has 0 atom stereocenters. The fraction of sp³-hybridized carbons (Fsp3) is 0.150. The molecule has 4 heterocycles. The maximum Gasteiger partial charge on any atom is 0.266 e. The van der Waals surface area contributed by atoms with E-state index in [9.17, 15) is 8.42 Å². The van der Waals surface area contributed by atoms with Gasteiger partial charge in [-0.15, -0.1) is 0 Å². The molecule has 0 aliphatic carbocycles. The third-order valence-electron chi connectivity index (χ3n) is 4.82. The Balaban J connectivity index is 1.54. The largest absolute Gasteiger partial charge is 0.497 e. The summed E-state index contributed by atoms with van der Waals surface area (Å²) < 4.78 is 51.7. The van der Waals surface area contributed by atoms with Gasteiger partial charge in [-0.1, -0.05) is 5.16 Å². The molecule has 0 unspecified atom stereocenters. The van der Waals surface area contributed by atoms with E-state index >= 15 is 0 Å². The van der Waals surface area contributed by atoms with Gasteiger partial charge in [0.05, 0.1) is 26.5 Å². The minimum absolute atomic E-state index is 0.0489. The van der Waals surface area contributed by atoms with Gasteiger partial charge in [-0.2, -0.15) is 5.10 Å². The molecule has 0 radical (unpaired) electrons. The molecule has 5 aromatic rings. The highest BCUT2D eigenvalue weighted by molar-refractivity contribution is 7.93. The van der Waals surface area contributed by atoms with Crippen LogP contribution in [0.1, 0.15) is 5.69 Å². The summed E-state index contributed by atoms with van der Waals surface area (Å²) in [6, 6.07) is 8.34. The van der Waals surface area contributed by atoms with Crippen LogP contribution in [-0.4, -0.2) is 42.6 Å². The molecule has 32 heavy (non-hydrogen) atoms. The molecular formula is C20H17N5O6S. The summed E-state index contributed by atoms with van der Waals surface area (Å²) in [6.07, 6.45) is 4.61. The van der Waals surface area contributed by atoms with Crippen LogP contribution in [0.15, 0.2) is 62.8 Å². The van der Waals surface area contributed by atoms with Crippen LogP contribution in [-0.2, 0) is 16.6 Å². The Bertz CT molecular complexity index is 1520. The van der Waals surface area contributed by atoms with Crippen LogP contribution >= 0.6 is 0 Å². The highest BCUT2D eigenvalue weighted by Crippen LogP contribution is 2.34. The predicted octanol–water partition coefficient (Wildman–Crippen LogP) is 3.03. The summed E-state index contributed by atoms with van der Waals surface area (Å²) in [5.41, 5.74) is 1.32. The Morgan fingerprint density at radius 2 is 2.03 bits per heavy atom. The lowest BCUT2D eigenvalue weighted by Gasteiger charge is -2.07. The summed E-state index contributed by atoms with van der Waals surface area (Å²) in [6.45, 7) is 0.379. The van der Waals surface area contributed by atoms with Gasteiger partial charge in [0.15, 0.2) is 11.4 Å². The minimum Gasteiger partial charge on any atom is -0.497 e. The number of furan rings is 1. The molecule has 11 nitrogen and oxygen atoms in total. The molecule has 5 rings (SSSR count). The lowest BCUT2D eigenvalue weighted by atomic mass is 10.2. The molecule has 0 amide bonds. The van der Waals surface area contributed by atoms with Gasteiger partial charge < -0.3 is 18.4 Å². The summed E-state index contributed by atoms with van der Waals surface area (Å²) in [5, 5.41) is 8.70. The quantitative estimate of drug-likeness (QED) is 0.393. The van der Waals surface area contributed by atoms with Crippen molar-refractivity contribution < 1.29 is 26.8 Å². The third kappa shape index (κ3) is 3.39. The number of rotatable bonds is 7. The van der Waals surface area contributed by atoms with Crippen molar-refractivity contribution in [3.63, 3.8) is 0 Å². The van der Waals surface area contributed by atoms with Crippen molar-refractivity contribution in [3.8, 4) is 11.6 Å². The van der Waals surface area contributed by atoms with Crippen LogP contribution in [0.25, 0.3) is 21.9 Å². The zero-order valence-corrected chi connectivity index (χ0v) is 17.8. The molecule has 12 heteroatoms. The van der Waals surface area contributed by atoms with E-state index in [0.717, 1.165) is 6.26 Å². The van der Waals surface area contributed by atoms with E-state index in [2.05, 4.69) is 20.0 Å². The fourth-order valence-electron chi connectivity index (χ4n) is 3.34. The number of methoxy groups -OCH3 is 2. The van der Waals surface area contributed by atoms with Crippen molar-refractivity contribution in [3.05, 3.63) is 54.7 Å². The molecule has 0 aliphatic heterocycles. The number of hydrogen-bond donors (Lipinski definition) is 1. The second kappa shape index (κ2) is 7.57. The summed E-state index contributed by atoms with van der Waals surface area (Å²) in [5.74, 6) is 0.618. The van der Waals surface area contributed by atoms with E-state index in [1.54, 1.807) is 47.4 Å². The zero-order valence-electron chi connectivity index (χ0n) is 17.0.